The lowest BCUT2D eigenvalue weighted by atomic mass is 9.92. The monoisotopic (exact) mass is 456 g/mol. The van der Waals surface area contributed by atoms with E-state index in [4.69, 9.17) is 0 Å². The van der Waals surface area contributed by atoms with Crippen LogP contribution in [0, 0.1) is 0 Å². The van der Waals surface area contributed by atoms with Crippen molar-refractivity contribution in [3.8, 4) is 0 Å². The van der Waals surface area contributed by atoms with Crippen molar-refractivity contribution in [2.24, 2.45) is 0 Å². The molecule has 0 fully saturated rings. The first-order valence-corrected chi connectivity index (χ1v) is 12.3. The summed E-state index contributed by atoms with van der Waals surface area (Å²) >= 11 is 0. The van der Waals surface area contributed by atoms with Gasteiger partial charge in [0.15, 0.2) is 0 Å². The second-order valence-electron chi connectivity index (χ2n) is 9.68. The Kier molecular flexibility index (Phi) is 4.43. The second kappa shape index (κ2) is 7.67. The topological polar surface area (TPSA) is 13.0 Å². The van der Waals surface area contributed by atoms with Crippen LogP contribution in [-0.4, -0.2) is 26.9 Å². The summed E-state index contributed by atoms with van der Waals surface area (Å²) < 4.78 is 0. The molecule has 0 aromatic heterocycles. The van der Waals surface area contributed by atoms with Crippen molar-refractivity contribution in [2.75, 3.05) is 40.4 Å². The third-order valence-corrected chi connectivity index (χ3v) is 7.62. The van der Waals surface area contributed by atoms with Crippen LogP contribution >= 0.6 is 0 Å². The van der Waals surface area contributed by atoms with E-state index in [2.05, 4.69) is 137 Å². The number of rotatable bonds is 2. The van der Waals surface area contributed by atoms with Gasteiger partial charge >= 0.3 is 0 Å². The molecular formula is C31H28N4. The molecule has 4 aromatic carbocycles. The van der Waals surface area contributed by atoms with Crippen LogP contribution in [0.1, 0.15) is 11.1 Å². The fraction of sp³-hybridized carbons (Fsp3) is 0.161. The highest BCUT2D eigenvalue weighted by Gasteiger charge is 2.40. The fourth-order valence-electron chi connectivity index (χ4n) is 6.05. The van der Waals surface area contributed by atoms with Crippen LogP contribution in [0.4, 0.5) is 34.1 Å². The van der Waals surface area contributed by atoms with Crippen LogP contribution in [0.3, 0.4) is 0 Å². The Morgan fingerprint density at radius 2 is 1.23 bits per heavy atom. The van der Waals surface area contributed by atoms with Gasteiger partial charge in [-0.1, -0.05) is 60.7 Å². The number of para-hydroxylation sites is 6. The summed E-state index contributed by atoms with van der Waals surface area (Å²) in [5.41, 5.74) is 11.7. The number of nitrogens with zero attached hydrogens (tertiary/aromatic N) is 4. The van der Waals surface area contributed by atoms with E-state index >= 15 is 0 Å². The molecule has 172 valence electrons. The molecule has 0 saturated heterocycles. The van der Waals surface area contributed by atoms with Crippen molar-refractivity contribution in [2.45, 2.75) is 12.6 Å². The maximum Gasteiger partial charge on any atom is 0.129 e. The van der Waals surface area contributed by atoms with Crippen molar-refractivity contribution >= 4 is 40.2 Å². The van der Waals surface area contributed by atoms with Gasteiger partial charge in [-0.15, -0.1) is 0 Å². The summed E-state index contributed by atoms with van der Waals surface area (Å²) in [6.07, 6.45) is 3.55. The Labute approximate surface area is 206 Å². The molecular weight excluding hydrogens is 428 g/mol. The zero-order chi connectivity index (χ0) is 23.5. The molecule has 3 aliphatic rings. The minimum atomic E-state index is 0.170. The van der Waals surface area contributed by atoms with Gasteiger partial charge in [0.2, 0.25) is 0 Å². The fourth-order valence-corrected chi connectivity index (χ4v) is 6.05. The van der Waals surface area contributed by atoms with Gasteiger partial charge in [-0.05, 0) is 65.6 Å². The van der Waals surface area contributed by atoms with E-state index in [-0.39, 0.29) is 6.17 Å². The van der Waals surface area contributed by atoms with Crippen molar-refractivity contribution in [3.63, 3.8) is 0 Å². The van der Waals surface area contributed by atoms with Crippen LogP contribution in [-0.2, 0) is 6.42 Å². The minimum absolute atomic E-state index is 0.170. The second-order valence-corrected chi connectivity index (χ2v) is 9.68. The first-order chi connectivity index (χ1) is 17.2. The molecule has 0 N–H and O–H groups in total. The van der Waals surface area contributed by atoms with E-state index in [1.807, 2.05) is 0 Å². The molecule has 0 aliphatic carbocycles. The van der Waals surface area contributed by atoms with E-state index < -0.39 is 0 Å². The normalized spacial score (nSPS) is 19.0. The van der Waals surface area contributed by atoms with Crippen LogP contribution < -0.4 is 19.6 Å². The standard InChI is InChI=1S/C31H28N4/c1-32-21-34(29-17-9-7-15-27(29)32)25-13-5-3-11-22(25)19-24-20-23-12-4-6-14-26(23)35-30-18-10-8-16-28(30)33(2)31(24)35/h3-19,31H,20-21H2,1-2H3/b24-19+. The summed E-state index contributed by atoms with van der Waals surface area (Å²) in [4.78, 5) is 9.70. The Bertz CT molecular complexity index is 1470. The molecule has 0 bridgehead atoms. The van der Waals surface area contributed by atoms with Crippen molar-refractivity contribution in [3.05, 3.63) is 114 Å². The lowest BCUT2D eigenvalue weighted by Crippen LogP contribution is -2.43. The van der Waals surface area contributed by atoms with Gasteiger partial charge in [0.05, 0.1) is 35.1 Å². The van der Waals surface area contributed by atoms with E-state index in [0.29, 0.717) is 0 Å². The Morgan fingerprint density at radius 3 is 2.03 bits per heavy atom. The number of likely N-dealkylation sites (N-methyl/N-ethyl adjacent to an activating group) is 1. The lowest BCUT2D eigenvalue weighted by Gasteiger charge is -2.38. The summed E-state index contributed by atoms with van der Waals surface area (Å²) in [6.45, 7) is 0.850. The van der Waals surface area contributed by atoms with Crippen molar-refractivity contribution in [1.29, 1.82) is 0 Å². The first kappa shape index (κ1) is 20.2. The predicted octanol–water partition coefficient (Wildman–Crippen LogP) is 6.79. The average molecular weight is 457 g/mol. The molecule has 1 unspecified atom stereocenters. The molecule has 3 aliphatic heterocycles. The van der Waals surface area contributed by atoms with E-state index in [9.17, 15) is 0 Å². The zero-order valence-corrected chi connectivity index (χ0v) is 20.1. The maximum atomic E-state index is 2.52. The van der Waals surface area contributed by atoms with Gasteiger partial charge in [0.1, 0.15) is 6.17 Å². The van der Waals surface area contributed by atoms with Crippen molar-refractivity contribution < 1.29 is 0 Å². The third-order valence-electron chi connectivity index (χ3n) is 7.62. The maximum absolute atomic E-state index is 2.52. The number of benzene rings is 4. The molecule has 3 heterocycles. The smallest absolute Gasteiger partial charge is 0.129 e. The van der Waals surface area contributed by atoms with E-state index in [1.54, 1.807) is 0 Å². The van der Waals surface area contributed by atoms with Crippen LogP contribution in [0.15, 0.2) is 103 Å². The largest absolute Gasteiger partial charge is 0.355 e. The molecule has 0 amide bonds. The molecule has 4 aromatic rings. The third kappa shape index (κ3) is 2.99. The molecule has 7 rings (SSSR count). The highest BCUT2D eigenvalue weighted by atomic mass is 15.4. The summed E-state index contributed by atoms with van der Waals surface area (Å²) in [5.74, 6) is 0. The van der Waals surface area contributed by atoms with Gasteiger partial charge in [-0.2, -0.15) is 0 Å². The molecule has 0 saturated carbocycles. The average Bonchev–Trinajstić information content (AvgIpc) is 3.40. The highest BCUT2D eigenvalue weighted by Crippen LogP contribution is 2.50. The van der Waals surface area contributed by atoms with Gasteiger partial charge in [0, 0.05) is 19.8 Å². The van der Waals surface area contributed by atoms with E-state index in [0.717, 1.165) is 13.1 Å². The zero-order valence-electron chi connectivity index (χ0n) is 20.1. The Hall–Kier alpha value is -4.18. The number of anilines is 6. The summed E-state index contributed by atoms with van der Waals surface area (Å²) in [5, 5.41) is 0. The van der Waals surface area contributed by atoms with Crippen LogP contribution in [0.5, 0.6) is 0 Å². The van der Waals surface area contributed by atoms with Gasteiger partial charge in [-0.3, -0.25) is 0 Å². The first-order valence-electron chi connectivity index (χ1n) is 12.3. The minimum Gasteiger partial charge on any atom is -0.355 e. The molecule has 1 atom stereocenters. The van der Waals surface area contributed by atoms with Crippen molar-refractivity contribution in [1.82, 2.24) is 0 Å². The van der Waals surface area contributed by atoms with Gasteiger partial charge in [-0.25, -0.2) is 0 Å². The molecule has 4 heteroatoms. The quantitative estimate of drug-likeness (QED) is 0.329. The SMILES string of the molecule is CN1CN(c2ccccc2/C=C2\Cc3ccccc3N3c4ccccc4N(C)C23)c2ccccc21. The number of fused-ring (bicyclic) bond motifs is 6. The van der Waals surface area contributed by atoms with Gasteiger partial charge < -0.3 is 19.6 Å². The Balaban J connectivity index is 1.37. The molecule has 0 radical (unpaired) electrons. The lowest BCUT2D eigenvalue weighted by molar-refractivity contribution is 0.719. The molecule has 4 nitrogen and oxygen atoms in total. The molecule has 0 spiro atoms. The van der Waals surface area contributed by atoms with E-state index in [1.165, 1.54) is 50.8 Å². The van der Waals surface area contributed by atoms with Crippen LogP contribution in [0.25, 0.3) is 6.08 Å². The Morgan fingerprint density at radius 1 is 0.629 bits per heavy atom. The highest BCUT2D eigenvalue weighted by molar-refractivity contribution is 5.90. The summed E-state index contributed by atoms with van der Waals surface area (Å²) in [6, 6.07) is 35.1. The summed E-state index contributed by atoms with van der Waals surface area (Å²) in [7, 11) is 4.39. The number of hydrogen-bond acceptors (Lipinski definition) is 4. The predicted molar refractivity (Wildman–Crippen MR) is 147 cm³/mol. The van der Waals surface area contributed by atoms with Gasteiger partial charge in [0.25, 0.3) is 0 Å². The molecule has 35 heavy (non-hydrogen) atoms. The number of hydrogen-bond donors (Lipinski definition) is 0. The van der Waals surface area contributed by atoms with Crippen LogP contribution in [0.2, 0.25) is 0 Å².